The van der Waals surface area contributed by atoms with Gasteiger partial charge in [-0.05, 0) is 31.3 Å². The molecule has 16 heavy (non-hydrogen) atoms. The van der Waals surface area contributed by atoms with Crippen LogP contribution in [0.1, 0.15) is 41.0 Å². The molecule has 4 nitrogen and oxygen atoms in total. The van der Waals surface area contributed by atoms with Gasteiger partial charge < -0.3 is 5.32 Å². The van der Waals surface area contributed by atoms with Crippen LogP contribution in [0, 0.1) is 6.92 Å². The Kier molecular flexibility index (Phi) is 6.56. The highest BCUT2D eigenvalue weighted by atomic mass is 79.9. The minimum absolute atomic E-state index is 0.0482. The lowest BCUT2D eigenvalue weighted by Gasteiger charge is -2.03. The van der Waals surface area contributed by atoms with Crippen LogP contribution in [-0.4, -0.2) is 27.4 Å². The number of amides is 1. The van der Waals surface area contributed by atoms with Crippen LogP contribution in [-0.2, 0) is 0 Å². The topological polar surface area (TPSA) is 54.9 Å². The summed E-state index contributed by atoms with van der Waals surface area (Å²) < 4.78 is 3.74. The molecule has 1 amide bonds. The van der Waals surface area contributed by atoms with Crippen molar-refractivity contribution in [2.24, 2.45) is 0 Å². The van der Waals surface area contributed by atoms with Gasteiger partial charge in [0.05, 0.1) is 5.69 Å². The van der Waals surface area contributed by atoms with E-state index in [0.717, 1.165) is 36.2 Å². The summed E-state index contributed by atoms with van der Waals surface area (Å²) in [4.78, 5) is 12.3. The van der Waals surface area contributed by atoms with Gasteiger partial charge in [-0.25, -0.2) is 0 Å². The maximum atomic E-state index is 11.6. The fourth-order valence-electron chi connectivity index (χ4n) is 1.29. The highest BCUT2D eigenvalue weighted by Crippen LogP contribution is 2.08. The van der Waals surface area contributed by atoms with E-state index in [0.29, 0.717) is 10.6 Å². The molecule has 0 aliphatic carbocycles. The summed E-state index contributed by atoms with van der Waals surface area (Å²) in [7, 11) is 0. The monoisotopic (exact) mass is 305 g/mol. The van der Waals surface area contributed by atoms with Crippen molar-refractivity contribution in [3.63, 3.8) is 0 Å². The molecule has 1 rings (SSSR count). The van der Waals surface area contributed by atoms with Crippen molar-refractivity contribution in [3.05, 3.63) is 10.6 Å². The van der Waals surface area contributed by atoms with Gasteiger partial charge >= 0.3 is 0 Å². The number of carbonyl (C=O) groups is 1. The average Bonchev–Trinajstić information content (AvgIpc) is 2.69. The van der Waals surface area contributed by atoms with Gasteiger partial charge in [0.25, 0.3) is 5.91 Å². The number of unbranched alkanes of at least 4 members (excludes halogenated alkanes) is 3. The summed E-state index contributed by atoms with van der Waals surface area (Å²) in [6.45, 7) is 2.53. The average molecular weight is 306 g/mol. The van der Waals surface area contributed by atoms with Crippen LogP contribution in [0.25, 0.3) is 0 Å². The minimum atomic E-state index is -0.0482. The quantitative estimate of drug-likeness (QED) is 0.622. The van der Waals surface area contributed by atoms with E-state index in [9.17, 15) is 4.79 Å². The fraction of sp³-hybridized carbons (Fsp3) is 0.700. The van der Waals surface area contributed by atoms with Crippen molar-refractivity contribution < 1.29 is 4.79 Å². The highest BCUT2D eigenvalue weighted by Gasteiger charge is 2.11. The standard InChI is InChI=1S/C10H16BrN3OS/c1-8-9(16-14-13-8)10(15)12-7-5-3-2-4-6-11/h2-7H2,1H3,(H,12,15). The molecule has 0 bridgehead atoms. The molecule has 0 aliphatic heterocycles. The van der Waals surface area contributed by atoms with Gasteiger partial charge in [-0.2, -0.15) is 0 Å². The third kappa shape index (κ3) is 4.57. The zero-order valence-electron chi connectivity index (χ0n) is 9.33. The molecule has 6 heteroatoms. The number of rotatable bonds is 7. The van der Waals surface area contributed by atoms with E-state index in [4.69, 9.17) is 0 Å². The van der Waals surface area contributed by atoms with Gasteiger partial charge in [0.2, 0.25) is 0 Å². The first-order valence-electron chi connectivity index (χ1n) is 5.39. The van der Waals surface area contributed by atoms with Crippen LogP contribution in [0.2, 0.25) is 0 Å². The Balaban J connectivity index is 2.14. The van der Waals surface area contributed by atoms with Crippen molar-refractivity contribution in [2.45, 2.75) is 32.6 Å². The molecule has 1 aromatic rings. The number of alkyl halides is 1. The number of halogens is 1. The van der Waals surface area contributed by atoms with E-state index in [1.54, 1.807) is 6.92 Å². The number of carbonyl (C=O) groups excluding carboxylic acids is 1. The molecule has 1 N–H and O–H groups in total. The molecule has 1 aromatic heterocycles. The van der Waals surface area contributed by atoms with Gasteiger partial charge in [-0.3, -0.25) is 4.79 Å². The summed E-state index contributed by atoms with van der Waals surface area (Å²) in [6.07, 6.45) is 4.60. The number of hydrogen-bond donors (Lipinski definition) is 1. The van der Waals surface area contributed by atoms with E-state index >= 15 is 0 Å². The van der Waals surface area contributed by atoms with E-state index < -0.39 is 0 Å². The fourth-order valence-corrected chi connectivity index (χ4v) is 2.26. The molecule has 0 aliphatic rings. The molecule has 0 radical (unpaired) electrons. The number of aryl methyl sites for hydroxylation is 1. The molecule has 0 fully saturated rings. The third-order valence-electron chi connectivity index (χ3n) is 2.20. The molecule has 0 unspecified atom stereocenters. The lowest BCUT2D eigenvalue weighted by atomic mass is 10.2. The zero-order chi connectivity index (χ0) is 11.8. The van der Waals surface area contributed by atoms with Crippen molar-refractivity contribution in [2.75, 3.05) is 11.9 Å². The SMILES string of the molecule is Cc1nnsc1C(=O)NCCCCCCBr. The largest absolute Gasteiger partial charge is 0.351 e. The van der Waals surface area contributed by atoms with Gasteiger partial charge in [0.15, 0.2) is 0 Å². The van der Waals surface area contributed by atoms with Crippen LogP contribution >= 0.6 is 27.5 Å². The maximum Gasteiger partial charge on any atom is 0.264 e. The Morgan fingerprint density at radius 3 is 2.75 bits per heavy atom. The van der Waals surface area contributed by atoms with Gasteiger partial charge in [0.1, 0.15) is 4.88 Å². The van der Waals surface area contributed by atoms with E-state index in [1.165, 1.54) is 12.8 Å². The Morgan fingerprint density at radius 1 is 1.38 bits per heavy atom. The number of nitrogens with zero attached hydrogens (tertiary/aromatic N) is 2. The first-order valence-corrected chi connectivity index (χ1v) is 7.28. The first-order chi connectivity index (χ1) is 7.75. The van der Waals surface area contributed by atoms with Gasteiger partial charge in [-0.15, -0.1) is 5.10 Å². The van der Waals surface area contributed by atoms with Crippen molar-refractivity contribution in [3.8, 4) is 0 Å². The van der Waals surface area contributed by atoms with Gasteiger partial charge in [-0.1, -0.05) is 33.3 Å². The Labute approximate surface area is 108 Å². The van der Waals surface area contributed by atoms with Crippen LogP contribution in [0.3, 0.4) is 0 Å². The molecule has 0 spiro atoms. The molecule has 0 aromatic carbocycles. The van der Waals surface area contributed by atoms with Crippen molar-refractivity contribution in [1.29, 1.82) is 0 Å². The van der Waals surface area contributed by atoms with Gasteiger partial charge in [0, 0.05) is 11.9 Å². The third-order valence-corrected chi connectivity index (χ3v) is 3.59. The summed E-state index contributed by atoms with van der Waals surface area (Å²) in [5.41, 5.74) is 0.710. The molecule has 0 saturated carbocycles. The van der Waals surface area contributed by atoms with E-state index in [1.807, 2.05) is 0 Å². The Bertz CT molecular complexity index is 330. The van der Waals surface area contributed by atoms with E-state index in [-0.39, 0.29) is 5.91 Å². The predicted molar refractivity (Wildman–Crippen MR) is 69.2 cm³/mol. The zero-order valence-corrected chi connectivity index (χ0v) is 11.7. The molecule has 0 atom stereocenters. The molecule has 90 valence electrons. The molecule has 1 heterocycles. The van der Waals surface area contributed by atoms with Crippen molar-refractivity contribution in [1.82, 2.24) is 14.9 Å². The van der Waals surface area contributed by atoms with Crippen LogP contribution in [0.5, 0.6) is 0 Å². The molecular formula is C10H16BrN3OS. The maximum absolute atomic E-state index is 11.6. The lowest BCUT2D eigenvalue weighted by molar-refractivity contribution is 0.0956. The second-order valence-corrected chi connectivity index (χ2v) is 5.09. The number of aromatic nitrogens is 2. The van der Waals surface area contributed by atoms with Crippen LogP contribution in [0.4, 0.5) is 0 Å². The minimum Gasteiger partial charge on any atom is -0.351 e. The predicted octanol–water partition coefficient (Wildman–Crippen LogP) is 2.53. The van der Waals surface area contributed by atoms with Crippen LogP contribution < -0.4 is 5.32 Å². The highest BCUT2D eigenvalue weighted by molar-refractivity contribution is 9.09. The second-order valence-electron chi connectivity index (χ2n) is 3.55. The second kappa shape index (κ2) is 7.73. The molecule has 0 saturated heterocycles. The number of hydrogen-bond acceptors (Lipinski definition) is 4. The summed E-state index contributed by atoms with van der Waals surface area (Å²) in [5.74, 6) is -0.0482. The Morgan fingerprint density at radius 2 is 2.12 bits per heavy atom. The normalized spacial score (nSPS) is 10.4. The van der Waals surface area contributed by atoms with E-state index in [2.05, 4.69) is 30.8 Å². The summed E-state index contributed by atoms with van der Waals surface area (Å²) in [5, 5.41) is 7.75. The smallest absolute Gasteiger partial charge is 0.264 e. The van der Waals surface area contributed by atoms with Crippen molar-refractivity contribution >= 4 is 33.4 Å². The first kappa shape index (κ1) is 13.6. The molecular weight excluding hydrogens is 290 g/mol. The number of nitrogens with one attached hydrogen (secondary N) is 1. The summed E-state index contributed by atoms with van der Waals surface area (Å²) >= 11 is 4.54. The summed E-state index contributed by atoms with van der Waals surface area (Å²) in [6, 6.07) is 0. The van der Waals surface area contributed by atoms with Crippen LogP contribution in [0.15, 0.2) is 0 Å². The Hall–Kier alpha value is -0.490. The lowest BCUT2D eigenvalue weighted by Crippen LogP contribution is -2.24.